The standard InChI is InChI=1S/C13H14O/c1-2-9-13(14)10-5-7-11-6-3-4-8-12(11)13/h2-8,14H,1,9-10H2. The minimum Gasteiger partial charge on any atom is -0.384 e. The van der Waals surface area contributed by atoms with E-state index in [1.807, 2.05) is 30.3 Å². The highest BCUT2D eigenvalue weighted by Crippen LogP contribution is 2.36. The van der Waals surface area contributed by atoms with Crippen LogP contribution in [-0.2, 0) is 5.60 Å². The Kier molecular flexibility index (Phi) is 2.26. The Morgan fingerprint density at radius 1 is 1.43 bits per heavy atom. The SMILES string of the molecule is C=CCC1(O)CC=Cc2ccccc21. The van der Waals surface area contributed by atoms with Gasteiger partial charge in [-0.05, 0) is 24.0 Å². The summed E-state index contributed by atoms with van der Waals surface area (Å²) >= 11 is 0. The summed E-state index contributed by atoms with van der Waals surface area (Å²) in [6, 6.07) is 7.97. The molecule has 1 aliphatic carbocycles. The third-order valence-corrected chi connectivity index (χ3v) is 2.70. The second-order valence-corrected chi connectivity index (χ2v) is 3.72. The Morgan fingerprint density at radius 3 is 3.00 bits per heavy atom. The fourth-order valence-corrected chi connectivity index (χ4v) is 1.99. The predicted molar refractivity (Wildman–Crippen MR) is 58.8 cm³/mol. The molecule has 0 spiro atoms. The molecule has 1 unspecified atom stereocenters. The van der Waals surface area contributed by atoms with Crippen LogP contribution in [0.3, 0.4) is 0 Å². The number of hydrogen-bond acceptors (Lipinski definition) is 1. The van der Waals surface area contributed by atoms with Gasteiger partial charge in [0, 0.05) is 0 Å². The van der Waals surface area contributed by atoms with Crippen LogP contribution in [0.5, 0.6) is 0 Å². The molecule has 1 atom stereocenters. The van der Waals surface area contributed by atoms with Crippen molar-refractivity contribution in [1.82, 2.24) is 0 Å². The first kappa shape index (κ1) is 9.22. The largest absolute Gasteiger partial charge is 0.384 e. The van der Waals surface area contributed by atoms with Crippen LogP contribution in [0.4, 0.5) is 0 Å². The molecule has 0 aliphatic heterocycles. The lowest BCUT2D eigenvalue weighted by molar-refractivity contribution is 0.0416. The van der Waals surface area contributed by atoms with Gasteiger partial charge in [-0.15, -0.1) is 6.58 Å². The van der Waals surface area contributed by atoms with Crippen LogP contribution in [0.25, 0.3) is 6.08 Å². The third kappa shape index (κ3) is 1.40. The van der Waals surface area contributed by atoms with Gasteiger partial charge >= 0.3 is 0 Å². The van der Waals surface area contributed by atoms with Crippen molar-refractivity contribution in [2.24, 2.45) is 0 Å². The van der Waals surface area contributed by atoms with Gasteiger partial charge in [0.2, 0.25) is 0 Å². The van der Waals surface area contributed by atoms with Crippen molar-refractivity contribution in [3.05, 3.63) is 54.1 Å². The van der Waals surface area contributed by atoms with Gasteiger partial charge in [-0.1, -0.05) is 42.5 Å². The summed E-state index contributed by atoms with van der Waals surface area (Å²) in [7, 11) is 0. The first-order valence-corrected chi connectivity index (χ1v) is 4.85. The zero-order valence-corrected chi connectivity index (χ0v) is 8.11. The van der Waals surface area contributed by atoms with E-state index in [1.165, 1.54) is 0 Å². The van der Waals surface area contributed by atoms with E-state index in [0.717, 1.165) is 11.1 Å². The Labute approximate surface area is 84.4 Å². The van der Waals surface area contributed by atoms with E-state index in [1.54, 1.807) is 6.08 Å². The first-order chi connectivity index (χ1) is 6.76. The summed E-state index contributed by atoms with van der Waals surface area (Å²) in [6.07, 6.45) is 7.14. The molecule has 14 heavy (non-hydrogen) atoms. The average Bonchev–Trinajstić information content (AvgIpc) is 2.19. The smallest absolute Gasteiger partial charge is 0.0970 e. The number of rotatable bonds is 2. The molecule has 0 heterocycles. The Balaban J connectivity index is 2.49. The van der Waals surface area contributed by atoms with E-state index in [2.05, 4.69) is 12.7 Å². The van der Waals surface area contributed by atoms with E-state index in [9.17, 15) is 5.11 Å². The molecule has 1 aliphatic rings. The molecule has 2 rings (SSSR count). The summed E-state index contributed by atoms with van der Waals surface area (Å²) in [5.41, 5.74) is 1.39. The van der Waals surface area contributed by atoms with Gasteiger partial charge in [0.05, 0.1) is 5.60 Å². The number of benzene rings is 1. The van der Waals surface area contributed by atoms with E-state index >= 15 is 0 Å². The monoisotopic (exact) mass is 186 g/mol. The second-order valence-electron chi connectivity index (χ2n) is 3.72. The molecule has 0 radical (unpaired) electrons. The van der Waals surface area contributed by atoms with Crippen molar-refractivity contribution in [3.8, 4) is 0 Å². The highest BCUT2D eigenvalue weighted by molar-refractivity contribution is 5.58. The van der Waals surface area contributed by atoms with E-state index in [0.29, 0.717) is 12.8 Å². The van der Waals surface area contributed by atoms with Crippen LogP contribution in [0.2, 0.25) is 0 Å². The Morgan fingerprint density at radius 2 is 2.21 bits per heavy atom. The molecule has 0 fully saturated rings. The summed E-state index contributed by atoms with van der Waals surface area (Å²) < 4.78 is 0. The van der Waals surface area contributed by atoms with Crippen molar-refractivity contribution in [1.29, 1.82) is 0 Å². The van der Waals surface area contributed by atoms with Crippen LogP contribution in [-0.4, -0.2) is 5.11 Å². The molecule has 1 heteroatoms. The fraction of sp³-hybridized carbons (Fsp3) is 0.231. The quantitative estimate of drug-likeness (QED) is 0.704. The topological polar surface area (TPSA) is 20.2 Å². The fourth-order valence-electron chi connectivity index (χ4n) is 1.99. The minimum atomic E-state index is -0.743. The molecule has 1 N–H and O–H groups in total. The first-order valence-electron chi connectivity index (χ1n) is 4.85. The normalized spacial score (nSPS) is 24.4. The average molecular weight is 186 g/mol. The molecule has 1 aromatic rings. The van der Waals surface area contributed by atoms with Crippen LogP contribution in [0.1, 0.15) is 24.0 Å². The molecule has 0 aromatic heterocycles. The summed E-state index contributed by atoms with van der Waals surface area (Å²) in [4.78, 5) is 0. The van der Waals surface area contributed by atoms with Crippen LogP contribution >= 0.6 is 0 Å². The van der Waals surface area contributed by atoms with Gasteiger partial charge < -0.3 is 5.11 Å². The molecule has 1 aromatic carbocycles. The summed E-state index contributed by atoms with van der Waals surface area (Å²) in [5, 5.41) is 10.4. The number of hydrogen-bond donors (Lipinski definition) is 1. The minimum absolute atomic E-state index is 0.606. The van der Waals surface area contributed by atoms with Crippen molar-refractivity contribution in [2.45, 2.75) is 18.4 Å². The summed E-state index contributed by atoms with van der Waals surface area (Å²) in [5.74, 6) is 0. The third-order valence-electron chi connectivity index (χ3n) is 2.70. The van der Waals surface area contributed by atoms with Gasteiger partial charge in [-0.2, -0.15) is 0 Å². The highest BCUT2D eigenvalue weighted by atomic mass is 16.3. The number of aliphatic hydroxyl groups is 1. The van der Waals surface area contributed by atoms with E-state index in [4.69, 9.17) is 0 Å². The molecule has 72 valence electrons. The molecule has 1 nitrogen and oxygen atoms in total. The van der Waals surface area contributed by atoms with Crippen molar-refractivity contribution in [3.63, 3.8) is 0 Å². The molecule has 0 bridgehead atoms. The zero-order valence-electron chi connectivity index (χ0n) is 8.11. The van der Waals surface area contributed by atoms with Crippen LogP contribution in [0.15, 0.2) is 43.0 Å². The molecule has 0 saturated heterocycles. The van der Waals surface area contributed by atoms with Gasteiger partial charge in [-0.3, -0.25) is 0 Å². The Bertz CT molecular complexity index is 379. The van der Waals surface area contributed by atoms with Gasteiger partial charge in [0.25, 0.3) is 0 Å². The second kappa shape index (κ2) is 3.43. The molecular weight excluding hydrogens is 172 g/mol. The maximum Gasteiger partial charge on any atom is 0.0970 e. The van der Waals surface area contributed by atoms with Gasteiger partial charge in [0.1, 0.15) is 0 Å². The lowest BCUT2D eigenvalue weighted by Crippen LogP contribution is -2.26. The zero-order chi connectivity index (χ0) is 10.0. The van der Waals surface area contributed by atoms with Crippen molar-refractivity contribution >= 4 is 6.08 Å². The lowest BCUT2D eigenvalue weighted by Gasteiger charge is -2.30. The molecule has 0 amide bonds. The van der Waals surface area contributed by atoms with Gasteiger partial charge in [-0.25, -0.2) is 0 Å². The maximum absolute atomic E-state index is 10.4. The maximum atomic E-state index is 10.4. The van der Waals surface area contributed by atoms with Gasteiger partial charge in [0.15, 0.2) is 0 Å². The van der Waals surface area contributed by atoms with Crippen LogP contribution < -0.4 is 0 Å². The van der Waals surface area contributed by atoms with Crippen LogP contribution in [0, 0.1) is 0 Å². The van der Waals surface area contributed by atoms with Crippen molar-refractivity contribution in [2.75, 3.05) is 0 Å². The van der Waals surface area contributed by atoms with E-state index < -0.39 is 5.60 Å². The highest BCUT2D eigenvalue weighted by Gasteiger charge is 2.30. The summed E-state index contributed by atoms with van der Waals surface area (Å²) in [6.45, 7) is 3.69. The molecule has 0 saturated carbocycles. The Hall–Kier alpha value is -1.34. The van der Waals surface area contributed by atoms with E-state index in [-0.39, 0.29) is 0 Å². The number of fused-ring (bicyclic) bond motifs is 1. The lowest BCUT2D eigenvalue weighted by atomic mass is 9.81. The van der Waals surface area contributed by atoms with Crippen molar-refractivity contribution < 1.29 is 5.11 Å². The predicted octanol–water partition coefficient (Wildman–Crippen LogP) is 2.87. The molecular formula is C13H14O.